The molecular weight excluding hydrogens is 317 g/mol. The maximum Gasteiger partial charge on any atom is 0.127 e. The van der Waals surface area contributed by atoms with Crippen LogP contribution < -0.4 is 4.74 Å². The minimum atomic E-state index is -0.131. The molecule has 1 fully saturated rings. The van der Waals surface area contributed by atoms with Crippen molar-refractivity contribution in [3.05, 3.63) is 29.6 Å². The second kappa shape index (κ2) is 9.04. The summed E-state index contributed by atoms with van der Waals surface area (Å²) >= 11 is 3.89. The molecule has 0 N–H and O–H groups in total. The second-order valence-electron chi connectivity index (χ2n) is 5.84. The first-order valence-electron chi connectivity index (χ1n) is 7.76. The first-order chi connectivity index (χ1) is 10.7. The molecule has 0 bridgehead atoms. The van der Waals surface area contributed by atoms with Gasteiger partial charge in [-0.2, -0.15) is 23.5 Å². The van der Waals surface area contributed by atoms with E-state index in [2.05, 4.69) is 17.4 Å². The molecule has 124 valence electrons. The number of benzene rings is 1. The Morgan fingerprint density at radius 1 is 1.36 bits per heavy atom. The third-order valence-electron chi connectivity index (χ3n) is 4.30. The van der Waals surface area contributed by atoms with Crippen molar-refractivity contribution in [2.45, 2.75) is 30.4 Å². The van der Waals surface area contributed by atoms with Crippen LogP contribution in [0.1, 0.15) is 24.8 Å². The summed E-state index contributed by atoms with van der Waals surface area (Å²) in [6.07, 6.45) is 8.14. The van der Waals surface area contributed by atoms with Gasteiger partial charge in [-0.15, -0.1) is 0 Å². The number of nitrogens with zero attached hydrogens (tertiary/aromatic N) is 1. The molecule has 0 radical (unpaired) electrons. The van der Waals surface area contributed by atoms with Gasteiger partial charge in [0.1, 0.15) is 11.6 Å². The Balaban J connectivity index is 1.95. The summed E-state index contributed by atoms with van der Waals surface area (Å²) in [4.78, 5) is 2.39. The van der Waals surface area contributed by atoms with Crippen LogP contribution in [0.4, 0.5) is 4.39 Å². The minimum Gasteiger partial charge on any atom is -0.497 e. The van der Waals surface area contributed by atoms with Crippen LogP contribution in [0.15, 0.2) is 18.2 Å². The van der Waals surface area contributed by atoms with E-state index < -0.39 is 0 Å². The van der Waals surface area contributed by atoms with Gasteiger partial charge < -0.3 is 4.74 Å². The first kappa shape index (κ1) is 18.0. The van der Waals surface area contributed by atoms with Gasteiger partial charge in [-0.1, -0.05) is 0 Å². The Hall–Kier alpha value is -0.390. The lowest BCUT2D eigenvalue weighted by atomic mass is 9.95. The fourth-order valence-electron chi connectivity index (χ4n) is 3.09. The molecule has 2 nitrogen and oxygen atoms in total. The molecule has 1 aromatic carbocycles. The molecule has 2 rings (SSSR count). The summed E-state index contributed by atoms with van der Waals surface area (Å²) in [6, 6.07) is 5.01. The van der Waals surface area contributed by atoms with Crippen molar-refractivity contribution in [3.63, 3.8) is 0 Å². The highest BCUT2D eigenvalue weighted by molar-refractivity contribution is 8.16. The highest BCUT2D eigenvalue weighted by Gasteiger charge is 2.23. The molecule has 1 atom stereocenters. The number of hydrogen-bond donors (Lipinski definition) is 0. The third kappa shape index (κ3) is 5.07. The first-order valence-corrected chi connectivity index (χ1v) is 10.3. The maximum absolute atomic E-state index is 14.0. The van der Waals surface area contributed by atoms with Crippen LogP contribution in [-0.2, 0) is 6.54 Å². The molecule has 1 aliphatic heterocycles. The van der Waals surface area contributed by atoms with Gasteiger partial charge in [0.25, 0.3) is 0 Å². The summed E-state index contributed by atoms with van der Waals surface area (Å²) in [6.45, 7) is 2.83. The summed E-state index contributed by atoms with van der Waals surface area (Å²) in [5, 5.41) is 0. The van der Waals surface area contributed by atoms with Crippen molar-refractivity contribution >= 4 is 23.5 Å². The van der Waals surface area contributed by atoms with Gasteiger partial charge in [0.15, 0.2) is 0 Å². The molecule has 0 saturated carbocycles. The number of halogens is 1. The number of thioether (sulfide) groups is 2. The number of hydrogen-bond acceptors (Lipinski definition) is 4. The normalized spacial score (nSPS) is 19.6. The van der Waals surface area contributed by atoms with Crippen molar-refractivity contribution in [1.82, 2.24) is 4.90 Å². The zero-order valence-electron chi connectivity index (χ0n) is 13.7. The summed E-state index contributed by atoms with van der Waals surface area (Å²) in [5.74, 6) is 1.33. The Kier molecular flexibility index (Phi) is 7.38. The van der Waals surface area contributed by atoms with Crippen LogP contribution in [0.3, 0.4) is 0 Å². The molecular formula is C17H26FNOS2. The average Bonchev–Trinajstić information content (AvgIpc) is 2.55. The topological polar surface area (TPSA) is 12.5 Å². The zero-order chi connectivity index (χ0) is 15.9. The van der Waals surface area contributed by atoms with E-state index in [1.807, 2.05) is 29.6 Å². The molecule has 1 unspecified atom stereocenters. The van der Waals surface area contributed by atoms with Crippen molar-refractivity contribution in [2.24, 2.45) is 5.92 Å². The van der Waals surface area contributed by atoms with Gasteiger partial charge in [-0.25, -0.2) is 4.39 Å². The Morgan fingerprint density at radius 3 is 2.82 bits per heavy atom. The third-order valence-corrected chi connectivity index (χ3v) is 6.89. The van der Waals surface area contributed by atoms with E-state index in [9.17, 15) is 4.39 Å². The molecule has 0 aromatic heterocycles. The van der Waals surface area contributed by atoms with Gasteiger partial charge in [0, 0.05) is 23.2 Å². The van der Waals surface area contributed by atoms with Crippen LogP contribution in [0.2, 0.25) is 0 Å². The largest absolute Gasteiger partial charge is 0.497 e. The van der Waals surface area contributed by atoms with E-state index in [-0.39, 0.29) is 5.82 Å². The predicted octanol–water partition coefficient (Wildman–Crippen LogP) is 4.49. The van der Waals surface area contributed by atoms with E-state index in [1.165, 1.54) is 25.3 Å². The molecule has 1 aromatic rings. The zero-order valence-corrected chi connectivity index (χ0v) is 15.3. The predicted molar refractivity (Wildman–Crippen MR) is 96.4 cm³/mol. The van der Waals surface area contributed by atoms with Crippen LogP contribution in [-0.4, -0.2) is 42.2 Å². The average molecular weight is 344 g/mol. The number of piperidine rings is 1. The molecule has 1 heterocycles. The van der Waals surface area contributed by atoms with E-state index >= 15 is 0 Å². The monoisotopic (exact) mass is 343 g/mol. The smallest absolute Gasteiger partial charge is 0.127 e. The second-order valence-corrected chi connectivity index (χ2v) is 8.22. The number of rotatable bonds is 7. The Morgan fingerprint density at radius 2 is 2.14 bits per heavy atom. The van der Waals surface area contributed by atoms with Gasteiger partial charge in [0.05, 0.1) is 7.11 Å². The lowest BCUT2D eigenvalue weighted by Gasteiger charge is -2.34. The molecule has 22 heavy (non-hydrogen) atoms. The van der Waals surface area contributed by atoms with E-state index in [0.717, 1.165) is 30.3 Å². The van der Waals surface area contributed by atoms with Crippen LogP contribution in [0, 0.1) is 11.7 Å². The maximum atomic E-state index is 14.0. The van der Waals surface area contributed by atoms with Crippen LogP contribution in [0.5, 0.6) is 5.75 Å². The van der Waals surface area contributed by atoms with Crippen molar-refractivity contribution in [2.75, 3.05) is 32.7 Å². The number of ether oxygens (including phenoxy) is 1. The highest BCUT2D eigenvalue weighted by atomic mass is 32.2. The summed E-state index contributed by atoms with van der Waals surface area (Å²) in [7, 11) is 1.62. The fraction of sp³-hybridized carbons (Fsp3) is 0.647. The summed E-state index contributed by atoms with van der Waals surface area (Å²) in [5.41, 5.74) is 0.742. The van der Waals surface area contributed by atoms with E-state index in [4.69, 9.17) is 4.74 Å². The molecule has 0 aliphatic carbocycles. The fourth-order valence-corrected chi connectivity index (χ4v) is 4.79. The van der Waals surface area contributed by atoms with Crippen molar-refractivity contribution in [1.29, 1.82) is 0 Å². The quantitative estimate of drug-likeness (QED) is 0.676. The molecule has 0 amide bonds. The van der Waals surface area contributed by atoms with E-state index in [0.29, 0.717) is 11.1 Å². The van der Waals surface area contributed by atoms with Gasteiger partial charge in [-0.3, -0.25) is 4.90 Å². The lowest BCUT2D eigenvalue weighted by Crippen LogP contribution is -2.36. The standard InChI is InChI=1S/C17H26FNOS2/c1-20-15-6-7-16(18)14(10-15)12-19-8-4-5-13(11-19)9-17(21-2)22-3/h6-7,10,13,17H,4-5,8-9,11-12H2,1-3H3. The van der Waals surface area contributed by atoms with Crippen molar-refractivity contribution in [3.8, 4) is 5.75 Å². The van der Waals surface area contributed by atoms with Gasteiger partial charge >= 0.3 is 0 Å². The van der Waals surface area contributed by atoms with Crippen LogP contribution in [0.25, 0.3) is 0 Å². The van der Waals surface area contributed by atoms with E-state index in [1.54, 1.807) is 13.2 Å². The lowest BCUT2D eigenvalue weighted by molar-refractivity contribution is 0.162. The Bertz CT molecular complexity index is 468. The minimum absolute atomic E-state index is 0.131. The summed E-state index contributed by atoms with van der Waals surface area (Å²) < 4.78 is 19.9. The number of methoxy groups -OCH3 is 1. The highest BCUT2D eigenvalue weighted by Crippen LogP contribution is 2.31. The molecule has 1 saturated heterocycles. The van der Waals surface area contributed by atoms with Gasteiger partial charge in [-0.05, 0) is 62.4 Å². The number of likely N-dealkylation sites (tertiary alicyclic amines) is 1. The molecule has 0 spiro atoms. The van der Waals surface area contributed by atoms with Gasteiger partial charge in [0.2, 0.25) is 0 Å². The SMILES string of the molecule is COc1ccc(F)c(CN2CCCC(CC(SC)SC)C2)c1. The van der Waals surface area contributed by atoms with Crippen LogP contribution >= 0.6 is 23.5 Å². The molecule has 1 aliphatic rings. The van der Waals surface area contributed by atoms with Crippen molar-refractivity contribution < 1.29 is 9.13 Å². The molecule has 5 heteroatoms. The Labute approximate surface area is 142 Å².